The number of aromatic nitrogens is 2. The minimum atomic E-state index is -0.881. The lowest BCUT2D eigenvalue weighted by Crippen LogP contribution is -2.17. The van der Waals surface area contributed by atoms with E-state index in [4.69, 9.17) is 0 Å². The predicted molar refractivity (Wildman–Crippen MR) is 86.2 cm³/mol. The fourth-order valence-electron chi connectivity index (χ4n) is 3.38. The molecule has 0 spiro atoms. The van der Waals surface area contributed by atoms with E-state index in [-0.39, 0.29) is 0 Å². The molecule has 1 heterocycles. The minimum absolute atomic E-state index is 0.335. The molecule has 1 fully saturated rings. The molecule has 1 aromatic heterocycles. The van der Waals surface area contributed by atoms with E-state index >= 15 is 0 Å². The van der Waals surface area contributed by atoms with E-state index in [1.165, 1.54) is 12.8 Å². The Hall–Kier alpha value is -1.49. The van der Waals surface area contributed by atoms with Crippen molar-refractivity contribution in [1.82, 2.24) is 9.55 Å². The van der Waals surface area contributed by atoms with Gasteiger partial charge in [-0.05, 0) is 43.7 Å². The highest BCUT2D eigenvalue weighted by molar-refractivity contribution is 7.99. The first-order chi connectivity index (χ1) is 10.1. The first-order valence-electron chi connectivity index (χ1n) is 7.45. The van der Waals surface area contributed by atoms with Crippen molar-refractivity contribution < 1.29 is 9.90 Å². The van der Waals surface area contributed by atoms with Crippen molar-refractivity contribution in [3.05, 3.63) is 29.6 Å². The standard InChI is InChI=1S/C16H20N2O2S/c1-3-21-15-6-4-5-13(15)18-10(2)17-12-8-7-11(16(19)20)9-14(12)18/h7-9,13,15H,3-6H2,1-2H3,(H,19,20). The summed E-state index contributed by atoms with van der Waals surface area (Å²) in [5, 5.41) is 9.82. The smallest absolute Gasteiger partial charge is 0.335 e. The maximum Gasteiger partial charge on any atom is 0.335 e. The van der Waals surface area contributed by atoms with Gasteiger partial charge in [-0.15, -0.1) is 0 Å². The molecule has 1 saturated carbocycles. The summed E-state index contributed by atoms with van der Waals surface area (Å²) >= 11 is 2.01. The van der Waals surface area contributed by atoms with E-state index < -0.39 is 5.97 Å². The molecule has 2 atom stereocenters. The highest BCUT2D eigenvalue weighted by atomic mass is 32.2. The number of carbonyl (C=O) groups is 1. The van der Waals surface area contributed by atoms with Crippen LogP contribution < -0.4 is 0 Å². The van der Waals surface area contributed by atoms with Crippen LogP contribution in [0.1, 0.15) is 48.4 Å². The zero-order valence-electron chi connectivity index (χ0n) is 12.4. The van der Waals surface area contributed by atoms with E-state index in [0.717, 1.165) is 29.0 Å². The average molecular weight is 304 g/mol. The van der Waals surface area contributed by atoms with Crippen LogP contribution in [0.25, 0.3) is 11.0 Å². The molecule has 5 heteroatoms. The van der Waals surface area contributed by atoms with Gasteiger partial charge in [0.05, 0.1) is 16.6 Å². The second-order valence-electron chi connectivity index (χ2n) is 5.53. The van der Waals surface area contributed by atoms with E-state index in [0.29, 0.717) is 16.9 Å². The summed E-state index contributed by atoms with van der Waals surface area (Å²) < 4.78 is 2.27. The molecule has 4 nitrogen and oxygen atoms in total. The molecule has 2 unspecified atom stereocenters. The predicted octanol–water partition coefficient (Wildman–Crippen LogP) is 3.89. The van der Waals surface area contributed by atoms with Crippen molar-refractivity contribution in [3.8, 4) is 0 Å². The van der Waals surface area contributed by atoms with E-state index in [1.807, 2.05) is 24.8 Å². The van der Waals surface area contributed by atoms with Crippen molar-refractivity contribution in [1.29, 1.82) is 0 Å². The normalized spacial score (nSPS) is 22.0. The summed E-state index contributed by atoms with van der Waals surface area (Å²) in [4.78, 5) is 15.8. The number of aryl methyl sites for hydroxylation is 1. The number of fused-ring (bicyclic) bond motifs is 1. The Morgan fingerprint density at radius 2 is 2.29 bits per heavy atom. The lowest BCUT2D eigenvalue weighted by atomic mass is 10.1. The molecule has 1 aromatic carbocycles. The Bertz CT molecular complexity index is 680. The van der Waals surface area contributed by atoms with Crippen molar-refractivity contribution in [2.75, 3.05) is 5.75 Å². The second-order valence-corrected chi connectivity index (χ2v) is 7.05. The average Bonchev–Trinajstić information content (AvgIpc) is 3.01. The topological polar surface area (TPSA) is 55.1 Å². The summed E-state index contributed by atoms with van der Waals surface area (Å²) in [7, 11) is 0. The van der Waals surface area contributed by atoms with Crippen LogP contribution in [0, 0.1) is 6.92 Å². The van der Waals surface area contributed by atoms with Gasteiger partial charge in [-0.1, -0.05) is 13.3 Å². The summed E-state index contributed by atoms with van der Waals surface area (Å²) in [6.45, 7) is 4.22. The number of carboxylic acid groups (broad SMARTS) is 1. The van der Waals surface area contributed by atoms with Crippen molar-refractivity contribution in [2.45, 2.75) is 44.4 Å². The maximum absolute atomic E-state index is 11.2. The highest BCUT2D eigenvalue weighted by Gasteiger charge is 2.30. The lowest BCUT2D eigenvalue weighted by molar-refractivity contribution is 0.0697. The van der Waals surface area contributed by atoms with Gasteiger partial charge < -0.3 is 9.67 Å². The maximum atomic E-state index is 11.2. The van der Waals surface area contributed by atoms with Gasteiger partial charge >= 0.3 is 5.97 Å². The second kappa shape index (κ2) is 5.72. The Balaban J connectivity index is 2.10. The number of imidazole rings is 1. The third-order valence-corrected chi connectivity index (χ3v) is 5.55. The van der Waals surface area contributed by atoms with Gasteiger partial charge in [-0.3, -0.25) is 0 Å². The molecule has 0 bridgehead atoms. The Morgan fingerprint density at radius 3 is 3.00 bits per heavy atom. The molecular formula is C16H20N2O2S. The van der Waals surface area contributed by atoms with Gasteiger partial charge in [-0.2, -0.15) is 11.8 Å². The summed E-state index contributed by atoms with van der Waals surface area (Å²) in [6.07, 6.45) is 3.63. The van der Waals surface area contributed by atoms with E-state index in [2.05, 4.69) is 16.5 Å². The fraction of sp³-hybridized carbons (Fsp3) is 0.500. The zero-order valence-corrected chi connectivity index (χ0v) is 13.2. The van der Waals surface area contributed by atoms with Crippen molar-refractivity contribution in [2.24, 2.45) is 0 Å². The third kappa shape index (κ3) is 2.55. The van der Waals surface area contributed by atoms with Gasteiger partial charge in [-0.25, -0.2) is 9.78 Å². The molecule has 1 aliphatic carbocycles. The zero-order chi connectivity index (χ0) is 15.0. The Labute approximate surface area is 128 Å². The number of thioether (sulfide) groups is 1. The summed E-state index contributed by atoms with van der Waals surface area (Å²) in [5.74, 6) is 1.22. The van der Waals surface area contributed by atoms with Gasteiger partial charge in [0.1, 0.15) is 5.82 Å². The molecule has 0 amide bonds. The molecule has 1 N–H and O–H groups in total. The molecule has 3 rings (SSSR count). The fourth-order valence-corrected chi connectivity index (χ4v) is 4.62. The van der Waals surface area contributed by atoms with Crippen molar-refractivity contribution >= 4 is 28.8 Å². The van der Waals surface area contributed by atoms with Gasteiger partial charge in [0.15, 0.2) is 0 Å². The summed E-state index contributed by atoms with van der Waals surface area (Å²) in [5.41, 5.74) is 2.19. The highest BCUT2D eigenvalue weighted by Crippen LogP contribution is 2.40. The van der Waals surface area contributed by atoms with Gasteiger partial charge in [0.25, 0.3) is 0 Å². The number of hydrogen-bond acceptors (Lipinski definition) is 3. The monoisotopic (exact) mass is 304 g/mol. The molecule has 1 aliphatic rings. The number of carboxylic acids is 1. The number of rotatable bonds is 4. The van der Waals surface area contributed by atoms with Crippen LogP contribution in [0.2, 0.25) is 0 Å². The van der Waals surface area contributed by atoms with Crippen molar-refractivity contribution in [3.63, 3.8) is 0 Å². The van der Waals surface area contributed by atoms with E-state index in [1.54, 1.807) is 12.1 Å². The first-order valence-corrected chi connectivity index (χ1v) is 8.50. The van der Waals surface area contributed by atoms with Crippen LogP contribution in [-0.2, 0) is 0 Å². The Morgan fingerprint density at radius 1 is 1.48 bits per heavy atom. The van der Waals surface area contributed by atoms with Gasteiger partial charge in [0.2, 0.25) is 0 Å². The molecular weight excluding hydrogens is 284 g/mol. The number of aromatic carboxylic acids is 1. The van der Waals surface area contributed by atoms with Crippen LogP contribution in [0.15, 0.2) is 18.2 Å². The summed E-state index contributed by atoms with van der Waals surface area (Å²) in [6, 6.07) is 5.65. The molecule has 0 aliphatic heterocycles. The number of hydrogen-bond donors (Lipinski definition) is 1. The SMILES string of the molecule is CCSC1CCCC1n1c(C)nc2ccc(C(=O)O)cc21. The molecule has 21 heavy (non-hydrogen) atoms. The number of nitrogens with zero attached hydrogens (tertiary/aromatic N) is 2. The Kier molecular flexibility index (Phi) is 3.93. The van der Waals surface area contributed by atoms with E-state index in [9.17, 15) is 9.90 Å². The minimum Gasteiger partial charge on any atom is -0.478 e. The van der Waals surface area contributed by atoms with Crippen LogP contribution in [-0.4, -0.2) is 31.6 Å². The quantitative estimate of drug-likeness (QED) is 0.931. The molecule has 2 aromatic rings. The molecule has 0 saturated heterocycles. The number of benzene rings is 1. The van der Waals surface area contributed by atoms with Gasteiger partial charge in [0, 0.05) is 11.3 Å². The van der Waals surface area contributed by atoms with Crippen LogP contribution in [0.5, 0.6) is 0 Å². The lowest BCUT2D eigenvalue weighted by Gasteiger charge is -2.22. The van der Waals surface area contributed by atoms with Crippen LogP contribution in [0.4, 0.5) is 0 Å². The molecule has 0 radical (unpaired) electrons. The largest absolute Gasteiger partial charge is 0.478 e. The third-order valence-electron chi connectivity index (χ3n) is 4.24. The van der Waals surface area contributed by atoms with Crippen LogP contribution >= 0.6 is 11.8 Å². The van der Waals surface area contributed by atoms with Crippen LogP contribution in [0.3, 0.4) is 0 Å². The molecule has 112 valence electrons. The first kappa shape index (κ1) is 14.4.